The summed E-state index contributed by atoms with van der Waals surface area (Å²) in [5.41, 5.74) is 0.777. The van der Waals surface area contributed by atoms with Crippen molar-refractivity contribution in [3.05, 3.63) is 29.3 Å². The zero-order valence-electron chi connectivity index (χ0n) is 10.6. The zero-order chi connectivity index (χ0) is 13.7. The third kappa shape index (κ3) is 4.80. The summed E-state index contributed by atoms with van der Waals surface area (Å²) in [7, 11) is 0. The lowest BCUT2D eigenvalue weighted by Gasteiger charge is -2.12. The van der Waals surface area contributed by atoms with Crippen LogP contribution in [0.25, 0.3) is 0 Å². The van der Waals surface area contributed by atoms with Crippen LogP contribution < -0.4 is 10.6 Å². The molecule has 2 N–H and O–H groups in total. The molecule has 19 heavy (non-hydrogen) atoms. The average Bonchev–Trinajstić information content (AvgIpc) is 2.81. The van der Waals surface area contributed by atoms with Crippen molar-refractivity contribution < 1.29 is 4.79 Å². The highest BCUT2D eigenvalue weighted by atomic mass is 35.5. The molecule has 0 heterocycles. The Hall–Kier alpha value is -1.13. The normalized spacial score (nSPS) is 15.2. The van der Waals surface area contributed by atoms with Crippen LogP contribution in [-0.4, -0.2) is 11.0 Å². The van der Waals surface area contributed by atoms with Crippen LogP contribution in [0.2, 0.25) is 5.02 Å². The van der Waals surface area contributed by atoms with E-state index in [2.05, 4.69) is 10.6 Å². The minimum atomic E-state index is -0.00794. The SMILES string of the molecule is O=C(CC1CCCC1)NC(=S)Nc1cccc(Cl)c1. The van der Waals surface area contributed by atoms with Crippen molar-refractivity contribution >= 4 is 40.5 Å². The number of rotatable bonds is 3. The van der Waals surface area contributed by atoms with E-state index in [0.717, 1.165) is 18.5 Å². The van der Waals surface area contributed by atoms with Gasteiger partial charge in [-0.3, -0.25) is 4.79 Å². The standard InChI is InChI=1S/C14H17ClN2OS/c15-11-6-3-7-12(9-11)16-14(19)17-13(18)8-10-4-1-2-5-10/h3,6-7,9-10H,1-2,4-5,8H2,(H2,16,17,18,19). The van der Waals surface area contributed by atoms with Crippen molar-refractivity contribution in [2.24, 2.45) is 5.92 Å². The lowest BCUT2D eigenvalue weighted by atomic mass is 10.0. The molecule has 1 fully saturated rings. The lowest BCUT2D eigenvalue weighted by Crippen LogP contribution is -2.34. The molecule has 0 aromatic heterocycles. The minimum Gasteiger partial charge on any atom is -0.332 e. The molecule has 1 aliphatic carbocycles. The Morgan fingerprint density at radius 2 is 2.11 bits per heavy atom. The Kier molecular flexibility index (Phi) is 5.16. The maximum absolute atomic E-state index is 11.8. The molecule has 0 atom stereocenters. The number of benzene rings is 1. The van der Waals surface area contributed by atoms with Gasteiger partial charge in [0.2, 0.25) is 5.91 Å². The van der Waals surface area contributed by atoms with Crippen LogP contribution in [0.4, 0.5) is 5.69 Å². The van der Waals surface area contributed by atoms with Gasteiger partial charge < -0.3 is 10.6 Å². The van der Waals surface area contributed by atoms with E-state index in [1.165, 1.54) is 12.8 Å². The molecule has 0 bridgehead atoms. The van der Waals surface area contributed by atoms with Crippen LogP contribution >= 0.6 is 23.8 Å². The first-order valence-electron chi connectivity index (χ1n) is 6.50. The molecule has 3 nitrogen and oxygen atoms in total. The molecule has 102 valence electrons. The molecular formula is C14H17ClN2OS. The summed E-state index contributed by atoms with van der Waals surface area (Å²) in [6.07, 6.45) is 5.35. The fourth-order valence-electron chi connectivity index (χ4n) is 2.38. The van der Waals surface area contributed by atoms with Gasteiger partial charge in [0.25, 0.3) is 0 Å². The monoisotopic (exact) mass is 296 g/mol. The number of thiocarbonyl (C=S) groups is 1. The third-order valence-corrected chi connectivity index (χ3v) is 3.72. The van der Waals surface area contributed by atoms with Gasteiger partial charge in [0.15, 0.2) is 5.11 Å². The Bertz CT molecular complexity index is 472. The van der Waals surface area contributed by atoms with E-state index in [9.17, 15) is 4.79 Å². The summed E-state index contributed by atoms with van der Waals surface area (Å²) < 4.78 is 0. The summed E-state index contributed by atoms with van der Waals surface area (Å²) in [6, 6.07) is 7.22. The first-order valence-corrected chi connectivity index (χ1v) is 7.28. The molecule has 0 saturated heterocycles. The van der Waals surface area contributed by atoms with Crippen molar-refractivity contribution in [3.63, 3.8) is 0 Å². The Morgan fingerprint density at radius 1 is 1.37 bits per heavy atom. The summed E-state index contributed by atoms with van der Waals surface area (Å²) in [5.74, 6) is 0.514. The molecule has 0 unspecified atom stereocenters. The molecule has 0 aliphatic heterocycles. The fourth-order valence-corrected chi connectivity index (χ4v) is 2.80. The van der Waals surface area contributed by atoms with Crippen LogP contribution in [-0.2, 0) is 4.79 Å². The number of anilines is 1. The van der Waals surface area contributed by atoms with Gasteiger partial charge in [0.05, 0.1) is 0 Å². The minimum absolute atomic E-state index is 0.00794. The predicted octanol–water partition coefficient (Wildman–Crippen LogP) is 3.73. The number of halogens is 1. The van der Waals surface area contributed by atoms with Gasteiger partial charge in [-0.15, -0.1) is 0 Å². The first kappa shape index (κ1) is 14.3. The summed E-state index contributed by atoms with van der Waals surface area (Å²) in [4.78, 5) is 11.8. The molecule has 1 aromatic rings. The number of nitrogens with one attached hydrogen (secondary N) is 2. The molecule has 1 aliphatic rings. The smallest absolute Gasteiger partial charge is 0.226 e. The van der Waals surface area contributed by atoms with Crippen LogP contribution in [0.3, 0.4) is 0 Å². The number of carbonyl (C=O) groups excluding carboxylic acids is 1. The maximum Gasteiger partial charge on any atom is 0.226 e. The number of carbonyl (C=O) groups is 1. The molecule has 1 amide bonds. The lowest BCUT2D eigenvalue weighted by molar-refractivity contribution is -0.120. The summed E-state index contributed by atoms with van der Waals surface area (Å²) in [6.45, 7) is 0. The second kappa shape index (κ2) is 6.87. The van der Waals surface area contributed by atoms with Gasteiger partial charge in [-0.1, -0.05) is 30.5 Å². The Morgan fingerprint density at radius 3 is 2.79 bits per heavy atom. The number of amides is 1. The fraction of sp³-hybridized carbons (Fsp3) is 0.429. The highest BCUT2D eigenvalue weighted by molar-refractivity contribution is 7.80. The van der Waals surface area contributed by atoms with Crippen molar-refractivity contribution in [1.82, 2.24) is 5.32 Å². The second-order valence-electron chi connectivity index (χ2n) is 4.87. The average molecular weight is 297 g/mol. The van der Waals surface area contributed by atoms with Crippen LogP contribution in [0, 0.1) is 5.92 Å². The van der Waals surface area contributed by atoms with Crippen LogP contribution in [0.15, 0.2) is 24.3 Å². The van der Waals surface area contributed by atoms with E-state index in [1.54, 1.807) is 12.1 Å². The van der Waals surface area contributed by atoms with Gasteiger partial charge in [-0.2, -0.15) is 0 Å². The second-order valence-corrected chi connectivity index (χ2v) is 5.71. The molecule has 0 radical (unpaired) electrons. The Balaban J connectivity index is 1.78. The van der Waals surface area contributed by atoms with Gasteiger partial charge in [-0.25, -0.2) is 0 Å². The van der Waals surface area contributed by atoms with Gasteiger partial charge in [0.1, 0.15) is 0 Å². The first-order chi connectivity index (χ1) is 9.13. The van der Waals surface area contributed by atoms with Crippen molar-refractivity contribution in [2.45, 2.75) is 32.1 Å². The number of hydrogen-bond donors (Lipinski definition) is 2. The summed E-state index contributed by atoms with van der Waals surface area (Å²) >= 11 is 11.0. The van der Waals surface area contributed by atoms with Gasteiger partial charge in [-0.05, 0) is 49.2 Å². The van der Waals surface area contributed by atoms with E-state index < -0.39 is 0 Å². The van der Waals surface area contributed by atoms with Crippen LogP contribution in [0.1, 0.15) is 32.1 Å². The molecular weight excluding hydrogens is 280 g/mol. The number of hydrogen-bond acceptors (Lipinski definition) is 2. The van der Waals surface area contributed by atoms with Gasteiger partial charge >= 0.3 is 0 Å². The molecule has 1 saturated carbocycles. The van der Waals surface area contributed by atoms with Crippen LogP contribution in [0.5, 0.6) is 0 Å². The molecule has 2 rings (SSSR count). The largest absolute Gasteiger partial charge is 0.332 e. The van der Waals surface area contributed by atoms with Gasteiger partial charge in [0, 0.05) is 17.1 Å². The van der Waals surface area contributed by atoms with Crippen molar-refractivity contribution in [3.8, 4) is 0 Å². The zero-order valence-corrected chi connectivity index (χ0v) is 12.2. The molecule has 1 aromatic carbocycles. The van der Waals surface area contributed by atoms with Crippen molar-refractivity contribution in [2.75, 3.05) is 5.32 Å². The quantitative estimate of drug-likeness (QED) is 0.835. The topological polar surface area (TPSA) is 41.1 Å². The van der Waals surface area contributed by atoms with Crippen molar-refractivity contribution in [1.29, 1.82) is 0 Å². The highest BCUT2D eigenvalue weighted by Gasteiger charge is 2.18. The molecule has 5 heteroatoms. The maximum atomic E-state index is 11.8. The van der Waals surface area contributed by atoms with E-state index in [1.807, 2.05) is 12.1 Å². The Labute approximate surface area is 123 Å². The predicted molar refractivity (Wildman–Crippen MR) is 82.4 cm³/mol. The molecule has 0 spiro atoms. The highest BCUT2D eigenvalue weighted by Crippen LogP contribution is 2.27. The third-order valence-electron chi connectivity index (χ3n) is 3.28. The van der Waals surface area contributed by atoms with E-state index >= 15 is 0 Å². The van der Waals surface area contributed by atoms with E-state index in [4.69, 9.17) is 23.8 Å². The summed E-state index contributed by atoms with van der Waals surface area (Å²) in [5, 5.41) is 6.62. The van der Waals surface area contributed by atoms with E-state index in [0.29, 0.717) is 22.5 Å². The van der Waals surface area contributed by atoms with E-state index in [-0.39, 0.29) is 5.91 Å².